The maximum atomic E-state index is 5.74. The number of alkyl halides is 1. The van der Waals surface area contributed by atoms with E-state index in [1.165, 1.54) is 0 Å². The van der Waals surface area contributed by atoms with Crippen LogP contribution < -0.4 is 4.90 Å². The Morgan fingerprint density at radius 3 is 2.43 bits per heavy atom. The van der Waals surface area contributed by atoms with Crippen LogP contribution >= 0.6 is 11.6 Å². The fourth-order valence-electron chi connectivity index (χ4n) is 1.27. The van der Waals surface area contributed by atoms with Crippen LogP contribution in [-0.4, -0.2) is 23.1 Å². The number of nitrogens with zero attached hydrogens (tertiary/aromatic N) is 3. The lowest BCUT2D eigenvalue weighted by molar-refractivity contribution is 0.812. The van der Waals surface area contributed by atoms with Gasteiger partial charge in [-0.1, -0.05) is 0 Å². The molecule has 0 saturated heterocycles. The largest absolute Gasteiger partial charge is 0.341 e. The first-order chi connectivity index (χ1) is 6.72. The Kier molecular flexibility index (Phi) is 4.14. The molecule has 0 aromatic carbocycles. The topological polar surface area (TPSA) is 29.0 Å². The Labute approximate surface area is 90.1 Å². The average Bonchev–Trinajstić information content (AvgIpc) is 2.20. The molecule has 1 aromatic heterocycles. The fraction of sp³-hybridized carbons (Fsp3) is 0.600. The molecule has 0 amide bonds. The van der Waals surface area contributed by atoms with E-state index in [9.17, 15) is 0 Å². The number of aryl methyl sites for hydroxylation is 1. The number of anilines is 1. The first-order valence-electron chi connectivity index (χ1n) is 4.86. The normalized spacial score (nSPS) is 10.3. The molecule has 0 saturated carbocycles. The predicted molar refractivity (Wildman–Crippen MR) is 59.9 cm³/mol. The smallest absolute Gasteiger partial charge is 0.225 e. The molecule has 1 aromatic rings. The van der Waals surface area contributed by atoms with E-state index in [-0.39, 0.29) is 0 Å². The highest BCUT2D eigenvalue weighted by Gasteiger charge is 2.06. The Morgan fingerprint density at radius 2 is 2.00 bits per heavy atom. The Morgan fingerprint density at radius 1 is 1.36 bits per heavy atom. The lowest BCUT2D eigenvalue weighted by atomic mass is 10.3. The van der Waals surface area contributed by atoms with Crippen LogP contribution in [0.2, 0.25) is 0 Å². The standard InChI is InChI=1S/C10H16ClN3/c1-4-14(5-2)10-12-7-9(6-11)8(3)13-10/h7H,4-6H2,1-3H3. The van der Waals surface area contributed by atoms with Crippen molar-refractivity contribution in [3.63, 3.8) is 0 Å². The summed E-state index contributed by atoms with van der Waals surface area (Å²) < 4.78 is 0. The zero-order chi connectivity index (χ0) is 10.6. The van der Waals surface area contributed by atoms with E-state index < -0.39 is 0 Å². The van der Waals surface area contributed by atoms with Gasteiger partial charge in [-0.15, -0.1) is 11.6 Å². The monoisotopic (exact) mass is 213 g/mol. The summed E-state index contributed by atoms with van der Waals surface area (Å²) in [6.07, 6.45) is 1.81. The second kappa shape index (κ2) is 5.15. The number of rotatable bonds is 4. The van der Waals surface area contributed by atoms with Crippen LogP contribution in [0.5, 0.6) is 0 Å². The molecule has 4 heteroatoms. The van der Waals surface area contributed by atoms with E-state index >= 15 is 0 Å². The number of hydrogen-bond acceptors (Lipinski definition) is 3. The fourth-order valence-corrected chi connectivity index (χ4v) is 1.53. The van der Waals surface area contributed by atoms with Crippen molar-refractivity contribution in [2.75, 3.05) is 18.0 Å². The van der Waals surface area contributed by atoms with Gasteiger partial charge in [-0.3, -0.25) is 0 Å². The van der Waals surface area contributed by atoms with Crippen molar-refractivity contribution in [3.05, 3.63) is 17.5 Å². The maximum absolute atomic E-state index is 5.74. The average molecular weight is 214 g/mol. The Balaban J connectivity index is 2.95. The van der Waals surface area contributed by atoms with Gasteiger partial charge < -0.3 is 4.90 Å². The van der Waals surface area contributed by atoms with Crippen LogP contribution in [0.15, 0.2) is 6.20 Å². The van der Waals surface area contributed by atoms with Gasteiger partial charge in [-0.05, 0) is 20.8 Å². The highest BCUT2D eigenvalue weighted by atomic mass is 35.5. The molecule has 0 N–H and O–H groups in total. The summed E-state index contributed by atoms with van der Waals surface area (Å²) in [6.45, 7) is 8.01. The molecule has 78 valence electrons. The van der Waals surface area contributed by atoms with Gasteiger partial charge in [0.05, 0.1) is 5.88 Å². The molecule has 0 unspecified atom stereocenters. The van der Waals surface area contributed by atoms with E-state index in [0.717, 1.165) is 30.3 Å². The van der Waals surface area contributed by atoms with Gasteiger partial charge in [0.2, 0.25) is 5.95 Å². The summed E-state index contributed by atoms with van der Waals surface area (Å²) in [5, 5.41) is 0. The molecule has 0 radical (unpaired) electrons. The lowest BCUT2D eigenvalue weighted by Crippen LogP contribution is -2.24. The van der Waals surface area contributed by atoms with E-state index in [4.69, 9.17) is 11.6 Å². The summed E-state index contributed by atoms with van der Waals surface area (Å²) in [7, 11) is 0. The highest BCUT2D eigenvalue weighted by molar-refractivity contribution is 6.17. The van der Waals surface area contributed by atoms with Crippen molar-refractivity contribution >= 4 is 17.5 Å². The summed E-state index contributed by atoms with van der Waals surface area (Å²) in [5.41, 5.74) is 1.97. The number of halogens is 1. The van der Waals surface area contributed by atoms with Crippen LogP contribution in [0.1, 0.15) is 25.1 Å². The highest BCUT2D eigenvalue weighted by Crippen LogP contribution is 2.12. The summed E-state index contributed by atoms with van der Waals surface area (Å²) in [5.74, 6) is 1.27. The first kappa shape index (κ1) is 11.2. The third-order valence-corrected chi connectivity index (χ3v) is 2.55. The van der Waals surface area contributed by atoms with Crippen LogP contribution in [0.3, 0.4) is 0 Å². The summed E-state index contributed by atoms with van der Waals surface area (Å²) in [6, 6.07) is 0. The maximum Gasteiger partial charge on any atom is 0.225 e. The van der Waals surface area contributed by atoms with Gasteiger partial charge >= 0.3 is 0 Å². The van der Waals surface area contributed by atoms with Gasteiger partial charge in [0, 0.05) is 30.5 Å². The minimum Gasteiger partial charge on any atom is -0.341 e. The van der Waals surface area contributed by atoms with Crippen LogP contribution in [-0.2, 0) is 5.88 Å². The summed E-state index contributed by atoms with van der Waals surface area (Å²) >= 11 is 5.74. The van der Waals surface area contributed by atoms with Crippen molar-refractivity contribution in [1.82, 2.24) is 9.97 Å². The van der Waals surface area contributed by atoms with Gasteiger partial charge in [0.1, 0.15) is 0 Å². The molecular formula is C10H16ClN3. The van der Waals surface area contributed by atoms with E-state index in [1.54, 1.807) is 0 Å². The predicted octanol–water partition coefficient (Wildman–Crippen LogP) is 2.37. The van der Waals surface area contributed by atoms with Crippen molar-refractivity contribution < 1.29 is 0 Å². The zero-order valence-corrected chi connectivity index (χ0v) is 9.67. The minimum absolute atomic E-state index is 0.477. The lowest BCUT2D eigenvalue weighted by Gasteiger charge is -2.18. The second-order valence-electron chi connectivity index (χ2n) is 3.09. The Hall–Kier alpha value is -0.830. The van der Waals surface area contributed by atoms with E-state index in [0.29, 0.717) is 5.88 Å². The first-order valence-corrected chi connectivity index (χ1v) is 5.39. The quantitative estimate of drug-likeness (QED) is 0.720. The molecule has 3 nitrogen and oxygen atoms in total. The van der Waals surface area contributed by atoms with Crippen molar-refractivity contribution in [3.8, 4) is 0 Å². The zero-order valence-electron chi connectivity index (χ0n) is 8.92. The molecule has 0 spiro atoms. The van der Waals surface area contributed by atoms with Crippen LogP contribution in [0.25, 0.3) is 0 Å². The molecule has 0 aliphatic heterocycles. The third kappa shape index (κ3) is 2.35. The van der Waals surface area contributed by atoms with E-state index in [2.05, 4.69) is 28.7 Å². The molecule has 0 aliphatic rings. The van der Waals surface area contributed by atoms with Crippen molar-refractivity contribution in [1.29, 1.82) is 0 Å². The molecule has 1 heterocycles. The molecule has 1 rings (SSSR count). The van der Waals surface area contributed by atoms with Crippen LogP contribution in [0.4, 0.5) is 5.95 Å². The van der Waals surface area contributed by atoms with Gasteiger partial charge in [-0.25, -0.2) is 9.97 Å². The summed E-state index contributed by atoms with van der Waals surface area (Å²) in [4.78, 5) is 10.8. The van der Waals surface area contributed by atoms with Crippen molar-refractivity contribution in [2.24, 2.45) is 0 Å². The van der Waals surface area contributed by atoms with Gasteiger partial charge in [-0.2, -0.15) is 0 Å². The SMILES string of the molecule is CCN(CC)c1ncc(CCl)c(C)n1. The molecular weight excluding hydrogens is 198 g/mol. The van der Waals surface area contributed by atoms with E-state index in [1.807, 2.05) is 13.1 Å². The minimum atomic E-state index is 0.477. The van der Waals surface area contributed by atoms with Crippen LogP contribution in [0, 0.1) is 6.92 Å². The molecule has 14 heavy (non-hydrogen) atoms. The molecule has 0 fully saturated rings. The third-order valence-electron chi connectivity index (χ3n) is 2.26. The van der Waals surface area contributed by atoms with Gasteiger partial charge in [0.25, 0.3) is 0 Å². The molecule has 0 bridgehead atoms. The van der Waals surface area contributed by atoms with Crippen molar-refractivity contribution in [2.45, 2.75) is 26.7 Å². The Bertz CT molecular complexity index is 297. The second-order valence-corrected chi connectivity index (χ2v) is 3.35. The molecule has 0 atom stereocenters. The number of aromatic nitrogens is 2. The van der Waals surface area contributed by atoms with Gasteiger partial charge in [0.15, 0.2) is 0 Å². The number of hydrogen-bond donors (Lipinski definition) is 0. The molecule has 0 aliphatic carbocycles.